The van der Waals surface area contributed by atoms with Crippen LogP contribution in [0.25, 0.3) is 0 Å². The fraction of sp³-hybridized carbons (Fsp3) is 0.333. The Morgan fingerprint density at radius 1 is 1.19 bits per heavy atom. The van der Waals surface area contributed by atoms with Crippen LogP contribution in [0.4, 0.5) is 5.69 Å². The van der Waals surface area contributed by atoms with Crippen molar-refractivity contribution in [3.8, 4) is 0 Å². The lowest BCUT2D eigenvalue weighted by atomic mass is 10.3. The van der Waals surface area contributed by atoms with E-state index >= 15 is 0 Å². The summed E-state index contributed by atoms with van der Waals surface area (Å²) in [7, 11) is -3.47. The van der Waals surface area contributed by atoms with Crippen LogP contribution in [0.3, 0.4) is 0 Å². The molecule has 0 aliphatic carbocycles. The van der Waals surface area contributed by atoms with Crippen molar-refractivity contribution in [1.29, 1.82) is 0 Å². The number of pyridine rings is 1. The predicted octanol–water partition coefficient (Wildman–Crippen LogP) is 2.22. The summed E-state index contributed by atoms with van der Waals surface area (Å²) in [6, 6.07) is 11.2. The highest BCUT2D eigenvalue weighted by Crippen LogP contribution is 2.24. The largest absolute Gasteiger partial charge is 0.618 e. The third-order valence-corrected chi connectivity index (χ3v) is 7.32. The lowest BCUT2D eigenvalue weighted by molar-refractivity contribution is -0.645. The average molecular weight is 408 g/mol. The van der Waals surface area contributed by atoms with Crippen LogP contribution in [-0.4, -0.2) is 37.0 Å². The average Bonchev–Trinajstić information content (AvgIpc) is 3.19. The van der Waals surface area contributed by atoms with Crippen molar-refractivity contribution >= 4 is 33.4 Å². The zero-order chi connectivity index (χ0) is 19.4. The topological polar surface area (TPSA) is 93.4 Å². The van der Waals surface area contributed by atoms with E-state index in [0.717, 1.165) is 24.6 Å². The summed E-state index contributed by atoms with van der Waals surface area (Å²) in [5.41, 5.74) is 0.510. The second-order valence-electron chi connectivity index (χ2n) is 6.25. The zero-order valence-corrected chi connectivity index (χ0v) is 16.5. The fourth-order valence-corrected chi connectivity index (χ4v) is 5.14. The lowest BCUT2D eigenvalue weighted by Crippen LogP contribution is -2.30. The molecule has 9 heteroatoms. The number of thioether (sulfide) groups is 1. The first-order valence-electron chi connectivity index (χ1n) is 8.64. The number of nitrogens with zero attached hydrogens (tertiary/aromatic N) is 2. The van der Waals surface area contributed by atoms with E-state index in [4.69, 9.17) is 0 Å². The Morgan fingerprint density at radius 3 is 2.48 bits per heavy atom. The molecule has 0 radical (unpaired) electrons. The number of amides is 1. The summed E-state index contributed by atoms with van der Waals surface area (Å²) >= 11 is 1.16. The van der Waals surface area contributed by atoms with Crippen LogP contribution in [-0.2, 0) is 14.8 Å². The standard InChI is InChI=1S/C18H21N3O4S2/c1-14(26-17-6-2-3-13-21(17)23)18(22)19-15-7-9-16(10-8-15)27(24,25)20-11-4-5-12-20/h2-3,6-10,13-14H,4-5,11-12H2,1H3,(H,19,22)/t14-/m0/s1. The van der Waals surface area contributed by atoms with Crippen LogP contribution in [0, 0.1) is 5.21 Å². The Bertz CT molecular complexity index is 910. The molecule has 1 aromatic heterocycles. The van der Waals surface area contributed by atoms with Crippen LogP contribution in [0.5, 0.6) is 0 Å². The summed E-state index contributed by atoms with van der Waals surface area (Å²) in [6.07, 6.45) is 3.15. The SMILES string of the molecule is C[C@H](Sc1cccc[n+]1[O-])C(=O)Nc1ccc(S(=O)(=O)N2CCCC2)cc1. The van der Waals surface area contributed by atoms with Gasteiger partial charge >= 0.3 is 0 Å². The van der Waals surface area contributed by atoms with Gasteiger partial charge in [0, 0.05) is 30.9 Å². The Balaban J connectivity index is 1.64. The predicted molar refractivity (Wildman–Crippen MR) is 104 cm³/mol. The number of hydrogen-bond donors (Lipinski definition) is 1. The van der Waals surface area contributed by atoms with Gasteiger partial charge in [-0.2, -0.15) is 9.04 Å². The number of benzene rings is 1. The van der Waals surface area contributed by atoms with E-state index in [1.165, 1.54) is 22.6 Å². The van der Waals surface area contributed by atoms with Gasteiger partial charge in [-0.1, -0.05) is 0 Å². The smallest absolute Gasteiger partial charge is 0.252 e. The van der Waals surface area contributed by atoms with Crippen LogP contribution in [0.2, 0.25) is 0 Å². The molecule has 7 nitrogen and oxygen atoms in total. The molecule has 1 fully saturated rings. The molecule has 1 N–H and O–H groups in total. The Labute approximate surface area is 163 Å². The van der Waals surface area contributed by atoms with Crippen molar-refractivity contribution in [2.75, 3.05) is 18.4 Å². The van der Waals surface area contributed by atoms with Crippen LogP contribution in [0.15, 0.2) is 58.6 Å². The molecule has 0 bridgehead atoms. The molecule has 3 rings (SSSR count). The Morgan fingerprint density at radius 2 is 1.85 bits per heavy atom. The van der Waals surface area contributed by atoms with E-state index in [2.05, 4.69) is 5.32 Å². The molecule has 1 atom stereocenters. The van der Waals surface area contributed by atoms with Crippen molar-refractivity contribution in [2.24, 2.45) is 0 Å². The lowest BCUT2D eigenvalue weighted by Gasteiger charge is -2.16. The van der Waals surface area contributed by atoms with Crippen molar-refractivity contribution in [3.05, 3.63) is 53.9 Å². The number of carbonyl (C=O) groups excluding carboxylic acids is 1. The van der Waals surface area contributed by atoms with Gasteiger partial charge in [-0.05, 0) is 61.9 Å². The highest BCUT2D eigenvalue weighted by molar-refractivity contribution is 8.00. The van der Waals surface area contributed by atoms with Crippen molar-refractivity contribution < 1.29 is 17.9 Å². The third-order valence-electron chi connectivity index (χ3n) is 4.28. The molecule has 1 aliphatic heterocycles. The Hall–Kier alpha value is -2.10. The maximum atomic E-state index is 12.5. The molecular formula is C18H21N3O4S2. The summed E-state index contributed by atoms with van der Waals surface area (Å²) in [4.78, 5) is 12.6. The van der Waals surface area contributed by atoms with Gasteiger partial charge in [0.1, 0.15) is 0 Å². The first kappa shape index (κ1) is 19.7. The summed E-state index contributed by atoms with van der Waals surface area (Å²) < 4.78 is 27.2. The van der Waals surface area contributed by atoms with E-state index in [9.17, 15) is 18.4 Å². The molecule has 2 aromatic rings. The van der Waals surface area contributed by atoms with Crippen molar-refractivity contribution in [3.63, 3.8) is 0 Å². The summed E-state index contributed by atoms with van der Waals surface area (Å²) in [5.74, 6) is -0.265. The number of aromatic nitrogens is 1. The van der Waals surface area contributed by atoms with E-state index in [0.29, 0.717) is 28.5 Å². The van der Waals surface area contributed by atoms with Gasteiger partial charge < -0.3 is 10.5 Å². The van der Waals surface area contributed by atoms with Crippen LogP contribution >= 0.6 is 11.8 Å². The number of nitrogens with one attached hydrogen (secondary N) is 1. The molecule has 2 heterocycles. The second-order valence-corrected chi connectivity index (χ2v) is 9.55. The molecular weight excluding hydrogens is 386 g/mol. The monoisotopic (exact) mass is 407 g/mol. The van der Waals surface area contributed by atoms with Gasteiger partial charge in [0.25, 0.3) is 5.03 Å². The third kappa shape index (κ3) is 4.60. The van der Waals surface area contributed by atoms with Gasteiger partial charge in [-0.15, -0.1) is 0 Å². The van der Waals surface area contributed by atoms with Crippen molar-refractivity contribution in [2.45, 2.75) is 34.9 Å². The van der Waals surface area contributed by atoms with Gasteiger partial charge in [-0.25, -0.2) is 8.42 Å². The highest BCUT2D eigenvalue weighted by Gasteiger charge is 2.27. The normalized spacial score (nSPS) is 16.2. The van der Waals surface area contributed by atoms with E-state index in [1.54, 1.807) is 37.3 Å². The maximum Gasteiger partial charge on any atom is 0.252 e. The first-order chi connectivity index (χ1) is 12.9. The summed E-state index contributed by atoms with van der Waals surface area (Å²) in [5, 5.41) is 14.4. The highest BCUT2D eigenvalue weighted by atomic mass is 32.2. The minimum Gasteiger partial charge on any atom is -0.618 e. The van der Waals surface area contributed by atoms with E-state index < -0.39 is 15.3 Å². The zero-order valence-electron chi connectivity index (χ0n) is 14.9. The van der Waals surface area contributed by atoms with Gasteiger partial charge in [0.15, 0.2) is 6.20 Å². The molecule has 0 saturated carbocycles. The number of rotatable bonds is 6. The minimum absolute atomic E-state index is 0.224. The summed E-state index contributed by atoms with van der Waals surface area (Å²) in [6.45, 7) is 2.81. The fourth-order valence-electron chi connectivity index (χ4n) is 2.77. The number of sulfonamides is 1. The van der Waals surface area contributed by atoms with Crippen LogP contribution in [0.1, 0.15) is 19.8 Å². The van der Waals surface area contributed by atoms with Gasteiger partial charge in [-0.3, -0.25) is 4.79 Å². The molecule has 1 amide bonds. The van der Waals surface area contributed by atoms with E-state index in [1.807, 2.05) is 0 Å². The molecule has 1 aromatic carbocycles. The number of carbonyl (C=O) groups is 1. The molecule has 1 aliphatic rings. The van der Waals surface area contributed by atoms with Crippen molar-refractivity contribution in [1.82, 2.24) is 4.31 Å². The number of hydrogen-bond acceptors (Lipinski definition) is 5. The quantitative estimate of drug-likeness (QED) is 0.450. The minimum atomic E-state index is -3.47. The molecule has 144 valence electrons. The first-order valence-corrected chi connectivity index (χ1v) is 11.0. The van der Waals surface area contributed by atoms with Gasteiger partial charge in [0.2, 0.25) is 15.9 Å². The van der Waals surface area contributed by atoms with Gasteiger partial charge in [0.05, 0.1) is 10.1 Å². The number of anilines is 1. The van der Waals surface area contributed by atoms with E-state index in [-0.39, 0.29) is 10.8 Å². The van der Waals surface area contributed by atoms with Crippen LogP contribution < -0.4 is 10.0 Å². The molecule has 27 heavy (non-hydrogen) atoms. The second kappa shape index (κ2) is 8.28. The molecule has 0 unspecified atom stereocenters. The molecule has 0 spiro atoms. The maximum absolute atomic E-state index is 12.5. The Kier molecular flexibility index (Phi) is 6.03. The molecule has 1 saturated heterocycles.